The molecule has 2 amide bonds. The van der Waals surface area contributed by atoms with Crippen molar-refractivity contribution in [2.75, 3.05) is 33.4 Å². The van der Waals surface area contributed by atoms with Gasteiger partial charge in [0.15, 0.2) is 12.1 Å². The van der Waals surface area contributed by atoms with Crippen LogP contribution in [0.2, 0.25) is 0 Å². The van der Waals surface area contributed by atoms with Gasteiger partial charge in [-0.1, -0.05) is 94.1 Å². The minimum atomic E-state index is -1.56. The number of hydrogen-bond donors (Lipinski definition) is 6. The third kappa shape index (κ3) is 12.8. The smallest absolute Gasteiger partial charge is 0.338 e. The molecule has 0 unspecified atom stereocenters. The number of amides is 2. The van der Waals surface area contributed by atoms with Crippen LogP contribution < -0.4 is 5.32 Å². The minimum absolute atomic E-state index is 0.0185. The Hall–Kier alpha value is -4.03. The van der Waals surface area contributed by atoms with Crippen molar-refractivity contribution in [2.24, 2.45) is 0 Å². The van der Waals surface area contributed by atoms with Gasteiger partial charge in [-0.2, -0.15) is 0 Å². The number of unbranched alkanes of at least 4 members (excludes halogenated alkanes) is 4. The van der Waals surface area contributed by atoms with E-state index in [-0.39, 0.29) is 38.2 Å². The Bertz CT molecular complexity index is 1760. The van der Waals surface area contributed by atoms with E-state index in [4.69, 9.17) is 23.7 Å². The van der Waals surface area contributed by atoms with Crippen molar-refractivity contribution in [1.29, 1.82) is 0 Å². The monoisotopic (exact) mass is 852 g/mol. The van der Waals surface area contributed by atoms with Gasteiger partial charge in [0.05, 0.1) is 25.4 Å². The van der Waals surface area contributed by atoms with Gasteiger partial charge in [0.1, 0.15) is 48.8 Å². The molecule has 6 N–H and O–H groups in total. The van der Waals surface area contributed by atoms with Gasteiger partial charge in [0.25, 0.3) is 0 Å². The maximum absolute atomic E-state index is 14.4. The minimum Gasteiger partial charge on any atom is -0.456 e. The van der Waals surface area contributed by atoms with Crippen molar-refractivity contribution in [1.82, 2.24) is 10.2 Å². The number of likely N-dealkylation sites (N-methyl/N-ethyl adjacent to an activating group) is 1. The van der Waals surface area contributed by atoms with Crippen LogP contribution in [0.15, 0.2) is 72.3 Å². The van der Waals surface area contributed by atoms with E-state index < -0.39 is 85.2 Å². The summed E-state index contributed by atoms with van der Waals surface area (Å²) < 4.78 is 30.8. The van der Waals surface area contributed by atoms with Crippen LogP contribution in [0.5, 0.6) is 0 Å². The molecule has 15 nitrogen and oxygen atoms in total. The number of benzene rings is 2. The van der Waals surface area contributed by atoms with Crippen LogP contribution in [0, 0.1) is 0 Å². The Morgan fingerprint density at radius 3 is 2.33 bits per heavy atom. The summed E-state index contributed by atoms with van der Waals surface area (Å²) in [5.74, 6) is -2.39. The van der Waals surface area contributed by atoms with E-state index in [2.05, 4.69) is 19.2 Å². The molecule has 2 aliphatic heterocycles. The Morgan fingerprint density at radius 1 is 0.934 bits per heavy atom. The molecule has 2 fully saturated rings. The second-order valence-electron chi connectivity index (χ2n) is 16.0. The number of fused-ring (bicyclic) bond motifs is 1. The molecule has 3 aliphatic rings. The topological polar surface area (TPSA) is 214 Å². The summed E-state index contributed by atoms with van der Waals surface area (Å²) in [5.41, 5.74) is 2.05. The van der Waals surface area contributed by atoms with E-state index in [0.717, 1.165) is 44.1 Å². The van der Waals surface area contributed by atoms with E-state index in [9.17, 15) is 39.9 Å². The van der Waals surface area contributed by atoms with Crippen LogP contribution in [0.1, 0.15) is 93.1 Å². The van der Waals surface area contributed by atoms with Crippen molar-refractivity contribution in [3.63, 3.8) is 0 Å². The van der Waals surface area contributed by atoms with Gasteiger partial charge in [0.2, 0.25) is 11.8 Å². The predicted molar refractivity (Wildman–Crippen MR) is 225 cm³/mol. The lowest BCUT2D eigenvalue weighted by Gasteiger charge is -2.39. The highest BCUT2D eigenvalue weighted by atomic mass is 16.8. The standard InChI is InChI=1S/C46H64N2O13/c1-4-6-11-20-46(21-12-7-5-2)60-36-28-33(43(55)48(3)34(42(54)47-22-23-49)26-31-15-9-8-10-16-31)27-35(41(36)61-46)58-44(56)32-19-13-17-30(25-32)18-14-24-57-45-40(53)39(52)38(51)37(29-50)59-45/h8-10,13-19,25,28,34-41,45,49-53H,4-7,11-12,20-24,26-27,29H2,1-3H3,(H,47,54)/t34-,35-,36-,37-,38+,39+,40-,41+,45+/m1/s1. The SMILES string of the molecule is CCCCCC1(CCCCC)O[C@@H]2[C@@H](C=C(C(=O)N(C)[C@H](Cc3ccccc3)C(=O)NCCO)C[C@H]2OC(=O)c2cccc(C=CCO[C@H]3O[C@H](CO)[C@H](O)[C@H](O)[C@H]3O)c2)O1. The average Bonchev–Trinajstić information content (AvgIpc) is 3.64. The number of aliphatic hydroxyl groups excluding tert-OH is 5. The Morgan fingerprint density at radius 2 is 1.66 bits per heavy atom. The summed E-state index contributed by atoms with van der Waals surface area (Å²) in [4.78, 5) is 43.3. The molecule has 1 aliphatic carbocycles. The number of nitrogens with one attached hydrogen (secondary N) is 1. The fourth-order valence-electron chi connectivity index (χ4n) is 8.01. The highest BCUT2D eigenvalue weighted by molar-refractivity contribution is 5.97. The van der Waals surface area contributed by atoms with Gasteiger partial charge >= 0.3 is 5.97 Å². The number of hydrogen-bond acceptors (Lipinski definition) is 13. The Kier molecular flexibility index (Phi) is 18.4. The molecule has 2 heterocycles. The summed E-state index contributed by atoms with van der Waals surface area (Å²) in [5, 5.41) is 51.9. The Labute approximate surface area is 358 Å². The number of esters is 1. The molecule has 2 saturated heterocycles. The normalized spacial score (nSPS) is 26.3. The van der Waals surface area contributed by atoms with Gasteiger partial charge in [-0.3, -0.25) is 9.59 Å². The van der Waals surface area contributed by atoms with Crippen molar-refractivity contribution in [2.45, 2.75) is 139 Å². The van der Waals surface area contributed by atoms with E-state index in [1.54, 1.807) is 49.5 Å². The summed E-state index contributed by atoms with van der Waals surface area (Å²) in [7, 11) is 1.57. The van der Waals surface area contributed by atoms with Gasteiger partial charge in [-0.25, -0.2) is 4.79 Å². The lowest BCUT2D eigenvalue weighted by molar-refractivity contribution is -0.298. The van der Waals surface area contributed by atoms with Crippen LogP contribution >= 0.6 is 0 Å². The highest BCUT2D eigenvalue weighted by Gasteiger charge is 2.53. The van der Waals surface area contributed by atoms with Gasteiger partial charge < -0.3 is 59.4 Å². The number of carbonyl (C=O) groups excluding carboxylic acids is 3. The van der Waals surface area contributed by atoms with Crippen LogP contribution in [-0.2, 0) is 39.7 Å². The molecule has 0 aromatic heterocycles. The fraction of sp³-hybridized carbons (Fsp3) is 0.587. The van der Waals surface area contributed by atoms with Crippen molar-refractivity contribution in [3.8, 4) is 0 Å². The average molecular weight is 853 g/mol. The molecule has 15 heteroatoms. The zero-order valence-electron chi connectivity index (χ0n) is 35.5. The molecular weight excluding hydrogens is 789 g/mol. The zero-order valence-corrected chi connectivity index (χ0v) is 35.5. The first kappa shape index (κ1) is 48.0. The van der Waals surface area contributed by atoms with Gasteiger partial charge in [0, 0.05) is 44.8 Å². The second kappa shape index (κ2) is 23.4. The van der Waals surface area contributed by atoms with Crippen LogP contribution in [0.4, 0.5) is 0 Å². The number of aliphatic hydroxyl groups is 5. The van der Waals surface area contributed by atoms with Crippen LogP contribution in [-0.4, -0.2) is 142 Å². The third-order valence-corrected chi connectivity index (χ3v) is 11.4. The number of rotatable bonds is 22. The molecule has 5 rings (SSSR count). The van der Waals surface area contributed by atoms with E-state index >= 15 is 0 Å². The molecule has 0 spiro atoms. The third-order valence-electron chi connectivity index (χ3n) is 11.4. The largest absolute Gasteiger partial charge is 0.456 e. The lowest BCUT2D eigenvalue weighted by Crippen LogP contribution is -2.59. The predicted octanol–water partition coefficient (Wildman–Crippen LogP) is 3.19. The highest BCUT2D eigenvalue weighted by Crippen LogP contribution is 2.43. The summed E-state index contributed by atoms with van der Waals surface area (Å²) in [6, 6.07) is 15.2. The van der Waals surface area contributed by atoms with E-state index in [0.29, 0.717) is 24.0 Å². The molecule has 0 saturated carbocycles. The van der Waals surface area contributed by atoms with Crippen molar-refractivity contribution >= 4 is 23.9 Å². The number of ether oxygens (including phenoxy) is 5. The van der Waals surface area contributed by atoms with Crippen LogP contribution in [0.25, 0.3) is 6.08 Å². The molecule has 61 heavy (non-hydrogen) atoms. The lowest BCUT2D eigenvalue weighted by atomic mass is 9.90. The molecule has 2 aromatic carbocycles. The molecule has 2 aromatic rings. The number of nitrogens with zero attached hydrogens (tertiary/aromatic N) is 1. The second-order valence-corrected chi connectivity index (χ2v) is 16.0. The van der Waals surface area contributed by atoms with E-state index in [1.165, 1.54) is 4.90 Å². The van der Waals surface area contributed by atoms with Crippen molar-refractivity contribution < 1.29 is 63.6 Å². The quantitative estimate of drug-likeness (QED) is 0.0743. The van der Waals surface area contributed by atoms with Crippen LogP contribution in [0.3, 0.4) is 0 Å². The summed E-state index contributed by atoms with van der Waals surface area (Å²) in [6.45, 7) is 3.40. The summed E-state index contributed by atoms with van der Waals surface area (Å²) in [6.07, 6.45) is 3.10. The number of carbonyl (C=O) groups is 3. The maximum Gasteiger partial charge on any atom is 0.338 e. The van der Waals surface area contributed by atoms with Gasteiger partial charge in [-0.05, 0) is 42.2 Å². The molecule has 9 atom stereocenters. The fourth-order valence-corrected chi connectivity index (χ4v) is 8.01. The first-order chi connectivity index (χ1) is 29.4. The molecule has 336 valence electrons. The Balaban J connectivity index is 1.36. The van der Waals surface area contributed by atoms with Gasteiger partial charge in [-0.15, -0.1) is 0 Å². The molecule has 0 bridgehead atoms. The zero-order chi connectivity index (χ0) is 43.9. The molecular formula is C46H64N2O13. The van der Waals surface area contributed by atoms with E-state index in [1.807, 2.05) is 30.3 Å². The first-order valence-corrected chi connectivity index (χ1v) is 21.6. The first-order valence-electron chi connectivity index (χ1n) is 21.6. The van der Waals surface area contributed by atoms with Crippen molar-refractivity contribution in [3.05, 3.63) is 89.0 Å². The maximum atomic E-state index is 14.4. The molecule has 0 radical (unpaired) electrons. The summed E-state index contributed by atoms with van der Waals surface area (Å²) >= 11 is 0.